The number of carbonyl (C=O) groups excluding carboxylic acids is 1. The summed E-state index contributed by atoms with van der Waals surface area (Å²) in [5.41, 5.74) is 4.54. The van der Waals surface area contributed by atoms with Gasteiger partial charge in [-0.3, -0.25) is 9.79 Å². The molecule has 0 radical (unpaired) electrons. The minimum absolute atomic E-state index is 0.0631. The topological polar surface area (TPSA) is 75.2 Å². The van der Waals surface area contributed by atoms with Crippen molar-refractivity contribution < 1.29 is 14.3 Å². The van der Waals surface area contributed by atoms with Crippen LogP contribution in [0.5, 0.6) is 11.5 Å². The Morgan fingerprint density at radius 3 is 2.39 bits per heavy atom. The van der Waals surface area contributed by atoms with E-state index in [-0.39, 0.29) is 5.91 Å². The van der Waals surface area contributed by atoms with Gasteiger partial charge in [0, 0.05) is 38.8 Å². The number of nitrogens with zero attached hydrogens (tertiary/aromatic N) is 2. The van der Waals surface area contributed by atoms with Crippen LogP contribution in [0.25, 0.3) is 0 Å². The maximum Gasteiger partial charge on any atom is 0.221 e. The molecular formula is C24H32N4O3. The zero-order chi connectivity index (χ0) is 22.2. The van der Waals surface area contributed by atoms with E-state index in [9.17, 15) is 4.79 Å². The molecular weight excluding hydrogens is 392 g/mol. The van der Waals surface area contributed by atoms with Crippen LogP contribution in [0.2, 0.25) is 0 Å². The second-order valence-corrected chi connectivity index (χ2v) is 7.51. The second-order valence-electron chi connectivity index (χ2n) is 7.51. The number of nitrogens with one attached hydrogen (secondary N) is 2. The third kappa shape index (κ3) is 5.90. The number of fused-ring (bicyclic) bond motifs is 1. The molecule has 0 aliphatic carbocycles. The van der Waals surface area contributed by atoms with Gasteiger partial charge in [-0.1, -0.05) is 12.1 Å². The molecule has 0 bridgehead atoms. The smallest absolute Gasteiger partial charge is 0.221 e. The van der Waals surface area contributed by atoms with Crippen molar-refractivity contribution in [2.24, 2.45) is 4.99 Å². The predicted octanol–water partition coefficient (Wildman–Crippen LogP) is 3.23. The molecule has 2 N–H and O–H groups in total. The number of amides is 1. The maximum absolute atomic E-state index is 11.1. The Balaban J connectivity index is 1.66. The van der Waals surface area contributed by atoms with Crippen LogP contribution in [0.4, 0.5) is 5.69 Å². The van der Waals surface area contributed by atoms with Gasteiger partial charge in [-0.15, -0.1) is 0 Å². The molecule has 0 aromatic heterocycles. The van der Waals surface area contributed by atoms with Crippen LogP contribution in [-0.4, -0.2) is 50.6 Å². The Bertz CT molecular complexity index is 925. The molecule has 0 saturated carbocycles. The van der Waals surface area contributed by atoms with Crippen molar-refractivity contribution in [2.45, 2.75) is 33.2 Å². The number of guanidine groups is 1. The summed E-state index contributed by atoms with van der Waals surface area (Å²) in [4.78, 5) is 18.3. The summed E-state index contributed by atoms with van der Waals surface area (Å²) in [5.74, 6) is 2.40. The van der Waals surface area contributed by atoms with Gasteiger partial charge in [0.15, 0.2) is 17.5 Å². The molecule has 166 valence electrons. The summed E-state index contributed by atoms with van der Waals surface area (Å²) in [6, 6.07) is 12.1. The first kappa shape index (κ1) is 22.5. The highest BCUT2D eigenvalue weighted by molar-refractivity contribution is 5.88. The molecule has 1 aliphatic rings. The Hall–Kier alpha value is -3.22. The van der Waals surface area contributed by atoms with Crippen LogP contribution in [0.15, 0.2) is 41.4 Å². The van der Waals surface area contributed by atoms with Gasteiger partial charge < -0.3 is 25.0 Å². The fraction of sp³-hybridized carbons (Fsp3) is 0.417. The molecule has 1 aliphatic heterocycles. The number of hydrogen-bond acceptors (Lipinski definition) is 4. The van der Waals surface area contributed by atoms with E-state index in [2.05, 4.69) is 34.6 Å². The third-order valence-corrected chi connectivity index (χ3v) is 5.29. The predicted molar refractivity (Wildman–Crippen MR) is 124 cm³/mol. The van der Waals surface area contributed by atoms with Crippen molar-refractivity contribution in [3.05, 3.63) is 53.1 Å². The van der Waals surface area contributed by atoms with E-state index >= 15 is 0 Å². The first-order valence-electron chi connectivity index (χ1n) is 10.7. The van der Waals surface area contributed by atoms with E-state index in [1.165, 1.54) is 23.6 Å². The molecule has 3 rings (SSSR count). The number of benzene rings is 2. The number of methoxy groups -OCH3 is 2. The Morgan fingerprint density at radius 1 is 1.10 bits per heavy atom. The molecule has 7 nitrogen and oxygen atoms in total. The molecule has 0 fully saturated rings. The van der Waals surface area contributed by atoms with Crippen LogP contribution in [-0.2, 0) is 24.2 Å². The van der Waals surface area contributed by atoms with E-state index in [0.29, 0.717) is 6.54 Å². The van der Waals surface area contributed by atoms with Crippen LogP contribution >= 0.6 is 0 Å². The lowest BCUT2D eigenvalue weighted by molar-refractivity contribution is -0.114. The van der Waals surface area contributed by atoms with Crippen molar-refractivity contribution in [1.82, 2.24) is 10.2 Å². The highest BCUT2D eigenvalue weighted by atomic mass is 16.5. The fourth-order valence-electron chi connectivity index (χ4n) is 3.74. The number of aliphatic imine (C=N–C) groups is 1. The monoisotopic (exact) mass is 424 g/mol. The SMILES string of the molecule is CCNC(=NCCc1ccc(NC(C)=O)cc1)N1CCc2cc(OC)c(OC)cc2C1. The summed E-state index contributed by atoms with van der Waals surface area (Å²) >= 11 is 0. The van der Waals surface area contributed by atoms with Crippen LogP contribution in [0.3, 0.4) is 0 Å². The first-order valence-corrected chi connectivity index (χ1v) is 10.7. The molecule has 0 spiro atoms. The molecule has 0 unspecified atom stereocenters. The van der Waals surface area contributed by atoms with E-state index in [4.69, 9.17) is 14.5 Å². The van der Waals surface area contributed by atoms with Crippen molar-refractivity contribution in [3.8, 4) is 11.5 Å². The standard InChI is InChI=1S/C24H32N4O3/c1-5-25-24(26-12-10-18-6-8-21(9-7-18)27-17(2)29)28-13-11-19-14-22(30-3)23(31-4)15-20(19)16-28/h6-9,14-15H,5,10-13,16H2,1-4H3,(H,25,26)(H,27,29). The highest BCUT2D eigenvalue weighted by Gasteiger charge is 2.21. The van der Waals surface area contributed by atoms with Gasteiger partial charge >= 0.3 is 0 Å². The summed E-state index contributed by atoms with van der Waals surface area (Å²) in [6.07, 6.45) is 1.77. The van der Waals surface area contributed by atoms with Crippen LogP contribution < -0.4 is 20.1 Å². The van der Waals surface area contributed by atoms with E-state index < -0.39 is 0 Å². The van der Waals surface area contributed by atoms with Gasteiger partial charge in [-0.05, 0) is 60.7 Å². The van der Waals surface area contributed by atoms with Crippen molar-refractivity contribution in [2.75, 3.05) is 39.2 Å². The highest BCUT2D eigenvalue weighted by Crippen LogP contribution is 2.33. The maximum atomic E-state index is 11.1. The van der Waals surface area contributed by atoms with Crippen LogP contribution in [0.1, 0.15) is 30.5 Å². The molecule has 1 amide bonds. The number of rotatable bonds is 7. The van der Waals surface area contributed by atoms with E-state index in [1.807, 2.05) is 24.3 Å². The van der Waals surface area contributed by atoms with E-state index in [1.54, 1.807) is 14.2 Å². The normalized spacial score (nSPS) is 13.4. The molecule has 2 aromatic carbocycles. The quantitative estimate of drug-likeness (QED) is 0.527. The summed E-state index contributed by atoms with van der Waals surface area (Å²) < 4.78 is 10.9. The Kier molecular flexibility index (Phi) is 7.76. The lowest BCUT2D eigenvalue weighted by Crippen LogP contribution is -2.44. The largest absolute Gasteiger partial charge is 0.493 e. The third-order valence-electron chi connectivity index (χ3n) is 5.29. The van der Waals surface area contributed by atoms with Gasteiger partial charge in [0.2, 0.25) is 5.91 Å². The zero-order valence-electron chi connectivity index (χ0n) is 18.8. The summed E-state index contributed by atoms with van der Waals surface area (Å²) in [6.45, 7) is 6.79. The van der Waals surface area contributed by atoms with Crippen molar-refractivity contribution in [3.63, 3.8) is 0 Å². The van der Waals surface area contributed by atoms with Gasteiger partial charge in [0.05, 0.1) is 14.2 Å². The van der Waals surface area contributed by atoms with Gasteiger partial charge in [-0.2, -0.15) is 0 Å². The number of anilines is 1. The second kappa shape index (κ2) is 10.7. The van der Waals surface area contributed by atoms with E-state index in [0.717, 1.165) is 55.6 Å². The van der Waals surface area contributed by atoms with Crippen molar-refractivity contribution in [1.29, 1.82) is 0 Å². The lowest BCUT2D eigenvalue weighted by atomic mass is 9.99. The molecule has 1 heterocycles. The van der Waals surface area contributed by atoms with Crippen LogP contribution in [0, 0.1) is 0 Å². The van der Waals surface area contributed by atoms with Gasteiger partial charge in [-0.25, -0.2) is 0 Å². The summed E-state index contributed by atoms with van der Waals surface area (Å²) in [5, 5.41) is 6.21. The minimum atomic E-state index is -0.0631. The summed E-state index contributed by atoms with van der Waals surface area (Å²) in [7, 11) is 3.34. The lowest BCUT2D eigenvalue weighted by Gasteiger charge is -2.32. The molecule has 0 saturated heterocycles. The molecule has 0 atom stereocenters. The Labute approximate surface area is 184 Å². The number of carbonyl (C=O) groups is 1. The zero-order valence-corrected chi connectivity index (χ0v) is 18.8. The number of ether oxygens (including phenoxy) is 2. The minimum Gasteiger partial charge on any atom is -0.493 e. The van der Waals surface area contributed by atoms with Gasteiger partial charge in [0.1, 0.15) is 0 Å². The van der Waals surface area contributed by atoms with Gasteiger partial charge in [0.25, 0.3) is 0 Å². The fourth-order valence-corrected chi connectivity index (χ4v) is 3.74. The number of hydrogen-bond donors (Lipinski definition) is 2. The molecule has 7 heteroatoms. The Morgan fingerprint density at radius 2 is 1.77 bits per heavy atom. The van der Waals surface area contributed by atoms with Crippen molar-refractivity contribution >= 4 is 17.6 Å². The average molecular weight is 425 g/mol. The molecule has 2 aromatic rings. The average Bonchev–Trinajstić information content (AvgIpc) is 2.78. The first-order chi connectivity index (χ1) is 15.0. The molecule has 31 heavy (non-hydrogen) atoms.